The lowest BCUT2D eigenvalue weighted by atomic mass is 9.91. The van der Waals surface area contributed by atoms with E-state index in [9.17, 15) is 5.11 Å². The van der Waals surface area contributed by atoms with Gasteiger partial charge in [-0.3, -0.25) is 10.00 Å². The summed E-state index contributed by atoms with van der Waals surface area (Å²) in [7, 11) is 0. The largest absolute Gasteiger partial charge is 0.439 e. The molecule has 6 heteroatoms. The van der Waals surface area contributed by atoms with Gasteiger partial charge >= 0.3 is 0 Å². The van der Waals surface area contributed by atoms with E-state index >= 15 is 0 Å². The first kappa shape index (κ1) is 18.8. The summed E-state index contributed by atoms with van der Waals surface area (Å²) in [5.41, 5.74) is 2.65. The van der Waals surface area contributed by atoms with Gasteiger partial charge in [-0.1, -0.05) is 25.1 Å². The van der Waals surface area contributed by atoms with Gasteiger partial charge in [0.15, 0.2) is 0 Å². The van der Waals surface area contributed by atoms with Crippen LogP contribution in [0.2, 0.25) is 0 Å². The van der Waals surface area contributed by atoms with Crippen LogP contribution in [0.15, 0.2) is 67.0 Å². The van der Waals surface area contributed by atoms with Crippen LogP contribution < -0.4 is 4.74 Å². The summed E-state index contributed by atoms with van der Waals surface area (Å²) in [6.07, 6.45) is 4.30. The van der Waals surface area contributed by atoms with Gasteiger partial charge in [0.2, 0.25) is 5.88 Å². The number of hydrogen-bond acceptors (Lipinski definition) is 5. The van der Waals surface area contributed by atoms with Gasteiger partial charge in [0, 0.05) is 43.7 Å². The Hall–Kier alpha value is -3.22. The van der Waals surface area contributed by atoms with Crippen LogP contribution in [-0.2, 0) is 6.54 Å². The molecule has 30 heavy (non-hydrogen) atoms. The number of rotatable bonds is 6. The molecule has 0 bridgehead atoms. The van der Waals surface area contributed by atoms with E-state index in [1.807, 2.05) is 37.3 Å². The fourth-order valence-electron chi connectivity index (χ4n) is 3.95. The summed E-state index contributed by atoms with van der Waals surface area (Å²) >= 11 is 0. The van der Waals surface area contributed by atoms with Gasteiger partial charge in [-0.15, -0.1) is 0 Å². The van der Waals surface area contributed by atoms with Crippen molar-refractivity contribution in [1.29, 1.82) is 0 Å². The van der Waals surface area contributed by atoms with Crippen LogP contribution in [0.3, 0.4) is 0 Å². The molecule has 0 amide bonds. The monoisotopic (exact) mass is 400 g/mol. The van der Waals surface area contributed by atoms with Gasteiger partial charge in [-0.2, -0.15) is 5.10 Å². The number of likely N-dealkylation sites (tertiary alicyclic amines) is 1. The highest BCUT2D eigenvalue weighted by molar-refractivity contribution is 5.84. The number of benzene rings is 2. The van der Waals surface area contributed by atoms with Crippen molar-refractivity contribution in [2.45, 2.75) is 25.5 Å². The Balaban J connectivity index is 1.27. The molecule has 3 heterocycles. The number of pyridine rings is 1. The minimum atomic E-state index is -0.492. The van der Waals surface area contributed by atoms with Gasteiger partial charge in [-0.25, -0.2) is 4.98 Å². The average molecular weight is 400 g/mol. The maximum Gasteiger partial charge on any atom is 0.219 e. The zero-order chi connectivity index (χ0) is 20.6. The van der Waals surface area contributed by atoms with Gasteiger partial charge in [0.1, 0.15) is 5.75 Å². The maximum absolute atomic E-state index is 10.2. The number of nitrogens with one attached hydrogen (secondary N) is 1. The predicted octanol–water partition coefficient (Wildman–Crippen LogP) is 4.37. The smallest absolute Gasteiger partial charge is 0.219 e. The second-order valence-electron chi connectivity index (χ2n) is 8.02. The van der Waals surface area contributed by atoms with E-state index in [2.05, 4.69) is 44.3 Å². The molecule has 6 nitrogen and oxygen atoms in total. The maximum atomic E-state index is 10.2. The lowest BCUT2D eigenvalue weighted by Gasteiger charge is -2.46. The normalized spacial score (nSPS) is 15.8. The van der Waals surface area contributed by atoms with Crippen LogP contribution in [-0.4, -0.2) is 43.9 Å². The highest BCUT2D eigenvalue weighted by Gasteiger charge is 2.38. The molecule has 1 fully saturated rings. The summed E-state index contributed by atoms with van der Waals surface area (Å²) in [4.78, 5) is 6.67. The molecule has 0 radical (unpaired) electrons. The molecule has 1 aliphatic heterocycles. The quantitative estimate of drug-likeness (QED) is 0.503. The van der Waals surface area contributed by atoms with Crippen molar-refractivity contribution in [3.8, 4) is 22.9 Å². The van der Waals surface area contributed by atoms with Crippen molar-refractivity contribution in [1.82, 2.24) is 20.1 Å². The molecule has 0 aliphatic carbocycles. The fraction of sp³-hybridized carbons (Fsp3) is 0.250. The summed E-state index contributed by atoms with van der Waals surface area (Å²) < 4.78 is 5.94. The molecular formula is C24H24N4O2. The number of nitrogens with zero attached hydrogens (tertiary/aromatic N) is 3. The Bertz CT molecular complexity index is 1150. The van der Waals surface area contributed by atoms with Gasteiger partial charge in [0.25, 0.3) is 0 Å². The predicted molar refractivity (Wildman–Crippen MR) is 116 cm³/mol. The molecule has 2 aromatic carbocycles. The number of aromatic nitrogens is 3. The first-order valence-corrected chi connectivity index (χ1v) is 10.2. The van der Waals surface area contributed by atoms with E-state index in [-0.39, 0.29) is 0 Å². The van der Waals surface area contributed by atoms with E-state index in [1.165, 1.54) is 10.9 Å². The number of fused-ring (bicyclic) bond motifs is 1. The van der Waals surface area contributed by atoms with Crippen LogP contribution in [0.25, 0.3) is 22.0 Å². The molecule has 1 aliphatic rings. The minimum absolute atomic E-state index is 0.492. The molecule has 0 saturated carbocycles. The van der Waals surface area contributed by atoms with E-state index in [4.69, 9.17) is 4.74 Å². The highest BCUT2D eigenvalue weighted by atomic mass is 16.5. The molecule has 5 rings (SSSR count). The third-order valence-corrected chi connectivity index (χ3v) is 5.75. The third-order valence-electron chi connectivity index (χ3n) is 5.75. The van der Waals surface area contributed by atoms with Crippen LogP contribution >= 0.6 is 0 Å². The Morgan fingerprint density at radius 2 is 1.90 bits per heavy atom. The van der Waals surface area contributed by atoms with E-state index in [0.29, 0.717) is 5.88 Å². The summed E-state index contributed by atoms with van der Waals surface area (Å²) in [6.45, 7) is 4.40. The molecule has 0 unspecified atom stereocenters. The first-order valence-electron chi connectivity index (χ1n) is 10.2. The number of β-amino-alcohol motifs (C(OH)–C–C–N with tert-alkyl or cyclic N) is 1. The summed E-state index contributed by atoms with van der Waals surface area (Å²) in [6, 6.07) is 18.3. The highest BCUT2D eigenvalue weighted by Crippen LogP contribution is 2.29. The van der Waals surface area contributed by atoms with E-state index in [0.717, 1.165) is 48.4 Å². The molecule has 152 valence electrons. The van der Waals surface area contributed by atoms with Crippen LogP contribution in [0.5, 0.6) is 11.6 Å². The topological polar surface area (TPSA) is 74.3 Å². The molecule has 2 N–H and O–H groups in total. The van der Waals surface area contributed by atoms with Gasteiger partial charge in [0.05, 0.1) is 11.3 Å². The van der Waals surface area contributed by atoms with Crippen molar-refractivity contribution >= 4 is 10.8 Å². The van der Waals surface area contributed by atoms with Gasteiger partial charge in [-0.05, 0) is 53.1 Å². The minimum Gasteiger partial charge on any atom is -0.439 e. The number of ether oxygens (including phenoxy) is 1. The Morgan fingerprint density at radius 1 is 1.07 bits per heavy atom. The fourth-order valence-corrected chi connectivity index (χ4v) is 3.95. The molecule has 0 atom stereocenters. The molecule has 0 spiro atoms. The van der Waals surface area contributed by atoms with E-state index < -0.39 is 5.60 Å². The second-order valence-corrected chi connectivity index (χ2v) is 8.02. The van der Waals surface area contributed by atoms with E-state index in [1.54, 1.807) is 12.4 Å². The second kappa shape index (κ2) is 7.55. The zero-order valence-corrected chi connectivity index (χ0v) is 16.9. The molecular weight excluding hydrogens is 376 g/mol. The summed E-state index contributed by atoms with van der Waals surface area (Å²) in [5.74, 6) is 1.31. The van der Waals surface area contributed by atoms with Crippen LogP contribution in [0.4, 0.5) is 0 Å². The van der Waals surface area contributed by atoms with Crippen molar-refractivity contribution in [3.05, 3.63) is 72.6 Å². The third kappa shape index (κ3) is 3.79. The van der Waals surface area contributed by atoms with Crippen molar-refractivity contribution in [3.63, 3.8) is 0 Å². The van der Waals surface area contributed by atoms with Gasteiger partial charge < -0.3 is 9.84 Å². The molecule has 1 saturated heterocycles. The van der Waals surface area contributed by atoms with Crippen LogP contribution in [0, 0.1) is 0 Å². The van der Waals surface area contributed by atoms with Crippen molar-refractivity contribution in [2.24, 2.45) is 0 Å². The zero-order valence-electron chi connectivity index (χ0n) is 16.9. The lowest BCUT2D eigenvalue weighted by molar-refractivity contribution is -0.103. The average Bonchev–Trinajstić information content (AvgIpc) is 3.28. The van der Waals surface area contributed by atoms with Crippen molar-refractivity contribution < 1.29 is 9.84 Å². The number of aromatic amines is 1. The number of H-pyrrole nitrogens is 1. The molecule has 2 aromatic heterocycles. The SMILES string of the molecule is CCC1(O)CN(Cc2ccc3cc(Oc4ccc(-c5ccn[nH]5)cn4)ccc3c2)C1. The first-order chi connectivity index (χ1) is 14.6. The lowest BCUT2D eigenvalue weighted by Crippen LogP contribution is -2.60. The Labute approximate surface area is 175 Å². The number of hydrogen-bond donors (Lipinski definition) is 2. The Kier molecular flexibility index (Phi) is 4.73. The molecule has 4 aromatic rings. The van der Waals surface area contributed by atoms with Crippen molar-refractivity contribution in [2.75, 3.05) is 13.1 Å². The Morgan fingerprint density at radius 3 is 2.63 bits per heavy atom. The van der Waals surface area contributed by atoms with Crippen LogP contribution in [0.1, 0.15) is 18.9 Å². The standard InChI is InChI=1S/C24H24N4O2/c1-2-24(29)15-28(16-24)14-17-3-4-19-12-21(7-5-18(19)11-17)30-23-8-6-20(13-25-23)22-9-10-26-27-22/h3-13,29H,2,14-16H2,1H3,(H,26,27). The number of aliphatic hydroxyl groups is 1. The summed E-state index contributed by atoms with van der Waals surface area (Å²) in [5, 5.41) is 19.4.